The Morgan fingerprint density at radius 3 is 2.15 bits per heavy atom. The van der Waals surface area contributed by atoms with E-state index in [2.05, 4.69) is 19.0 Å². The number of hydrogen-bond acceptors (Lipinski definition) is 8. The van der Waals surface area contributed by atoms with Crippen LogP contribution in [0.25, 0.3) is 0 Å². The van der Waals surface area contributed by atoms with E-state index in [4.69, 9.17) is 0 Å². The van der Waals surface area contributed by atoms with Crippen LogP contribution < -0.4 is 4.89 Å². The molecule has 0 saturated carbocycles. The minimum atomic E-state index is -4.26. The van der Waals surface area contributed by atoms with Crippen LogP contribution in [0, 0.1) is 0 Å². The fourth-order valence-corrected chi connectivity index (χ4v) is 1.82. The van der Waals surface area contributed by atoms with Gasteiger partial charge in [0.05, 0.1) is 14.1 Å². The average Bonchev–Trinajstić information content (AvgIpc) is 2.38. The zero-order valence-corrected chi connectivity index (χ0v) is 12.5. The maximum absolute atomic E-state index is 11.0. The number of rotatable bonds is 10. The summed E-state index contributed by atoms with van der Waals surface area (Å²) in [4.78, 5) is 38.3. The number of aliphatic imine (C=N–C) groups is 2. The largest absolute Gasteiger partial charge is 0.756 e. The number of phosphoric acid groups is 1. The first-order valence-corrected chi connectivity index (χ1v) is 7.16. The summed E-state index contributed by atoms with van der Waals surface area (Å²) in [6, 6.07) is -0.296. The molecule has 10 heteroatoms. The van der Waals surface area contributed by atoms with Crippen molar-refractivity contribution in [2.45, 2.75) is 6.04 Å². The van der Waals surface area contributed by atoms with Gasteiger partial charge in [-0.15, -0.1) is 0 Å². The van der Waals surface area contributed by atoms with Gasteiger partial charge in [0, 0.05) is 7.11 Å². The van der Waals surface area contributed by atoms with Gasteiger partial charge in [-0.1, -0.05) is 0 Å². The molecule has 0 aliphatic rings. The highest BCUT2D eigenvalue weighted by atomic mass is 31.2. The van der Waals surface area contributed by atoms with Crippen molar-refractivity contribution in [2.24, 2.45) is 9.98 Å². The van der Waals surface area contributed by atoms with Gasteiger partial charge in [0.15, 0.2) is 0 Å². The molecule has 20 heavy (non-hydrogen) atoms. The molecule has 0 N–H and O–H groups in total. The Morgan fingerprint density at radius 1 is 1.25 bits per heavy atom. The van der Waals surface area contributed by atoms with E-state index in [-0.39, 0.29) is 30.2 Å². The SMILES string of the molecule is COP(=O)([O-])OCC[N+](C)(C)C(CN=C=O)CN=C=O. The summed E-state index contributed by atoms with van der Waals surface area (Å²) in [5.74, 6) is 0. The van der Waals surface area contributed by atoms with E-state index in [0.717, 1.165) is 7.11 Å². The third-order valence-corrected chi connectivity index (χ3v) is 3.81. The minimum absolute atomic E-state index is 0.103. The summed E-state index contributed by atoms with van der Waals surface area (Å²) in [5.41, 5.74) is 0. The van der Waals surface area contributed by atoms with Gasteiger partial charge in [-0.3, -0.25) is 4.57 Å². The van der Waals surface area contributed by atoms with Gasteiger partial charge in [0.1, 0.15) is 32.3 Å². The molecule has 9 nitrogen and oxygen atoms in total. The highest BCUT2D eigenvalue weighted by Gasteiger charge is 2.28. The molecule has 114 valence electrons. The molecular formula is C10H18N3O6P. The highest BCUT2D eigenvalue weighted by molar-refractivity contribution is 7.45. The Balaban J connectivity index is 4.63. The second kappa shape index (κ2) is 8.89. The number of carbonyl (C=O) groups excluding carboxylic acids is 2. The monoisotopic (exact) mass is 307 g/mol. The van der Waals surface area contributed by atoms with Gasteiger partial charge in [0.25, 0.3) is 7.82 Å². The van der Waals surface area contributed by atoms with Crippen molar-refractivity contribution in [3.63, 3.8) is 0 Å². The van der Waals surface area contributed by atoms with Crippen molar-refractivity contribution in [2.75, 3.05) is 47.4 Å². The van der Waals surface area contributed by atoms with Crippen LogP contribution in [0.2, 0.25) is 0 Å². The fourth-order valence-electron chi connectivity index (χ4n) is 1.41. The zero-order valence-electron chi connectivity index (χ0n) is 11.6. The Morgan fingerprint density at radius 2 is 1.75 bits per heavy atom. The van der Waals surface area contributed by atoms with Crippen LogP contribution in [-0.2, 0) is 23.2 Å². The number of phosphoric ester groups is 1. The van der Waals surface area contributed by atoms with E-state index < -0.39 is 7.82 Å². The lowest BCUT2D eigenvalue weighted by Crippen LogP contribution is -2.53. The van der Waals surface area contributed by atoms with Crippen LogP contribution in [0.5, 0.6) is 0 Å². The van der Waals surface area contributed by atoms with Crippen molar-refractivity contribution in [3.05, 3.63) is 0 Å². The van der Waals surface area contributed by atoms with E-state index in [0.29, 0.717) is 6.54 Å². The van der Waals surface area contributed by atoms with Crippen LogP contribution in [0.3, 0.4) is 0 Å². The molecule has 0 bridgehead atoms. The summed E-state index contributed by atoms with van der Waals surface area (Å²) >= 11 is 0. The van der Waals surface area contributed by atoms with Crippen LogP contribution in [0.1, 0.15) is 0 Å². The predicted molar refractivity (Wildman–Crippen MR) is 67.3 cm³/mol. The maximum Gasteiger partial charge on any atom is 0.267 e. The number of quaternary nitrogens is 1. The molecule has 0 aromatic rings. The number of hydrogen-bond donors (Lipinski definition) is 0. The molecule has 0 amide bonds. The van der Waals surface area contributed by atoms with Crippen LogP contribution in [0.4, 0.5) is 0 Å². The second-order valence-electron chi connectivity index (χ2n) is 4.48. The van der Waals surface area contributed by atoms with Crippen molar-refractivity contribution in [1.29, 1.82) is 0 Å². The highest BCUT2D eigenvalue weighted by Crippen LogP contribution is 2.36. The standard InChI is InChI=1S/C10H18N3O6P/c1-13(2,4-5-19-20(16,17)18-3)10(6-11-8-14)7-12-9-15/h10H,4-7H2,1-3H3. The van der Waals surface area contributed by atoms with Crippen molar-refractivity contribution in [1.82, 2.24) is 0 Å². The molecule has 0 aliphatic heterocycles. The van der Waals surface area contributed by atoms with Crippen molar-refractivity contribution >= 4 is 20.0 Å². The third kappa shape index (κ3) is 7.43. The molecule has 0 fully saturated rings. The maximum atomic E-state index is 11.0. The fraction of sp³-hybridized carbons (Fsp3) is 0.800. The second-order valence-corrected chi connectivity index (χ2v) is 6.00. The molecule has 1 atom stereocenters. The van der Waals surface area contributed by atoms with Crippen LogP contribution in [-0.4, -0.2) is 70.1 Å². The van der Waals surface area contributed by atoms with E-state index >= 15 is 0 Å². The summed E-state index contributed by atoms with van der Waals surface area (Å²) < 4.78 is 20.1. The van der Waals surface area contributed by atoms with Gasteiger partial charge >= 0.3 is 0 Å². The lowest BCUT2D eigenvalue weighted by molar-refractivity contribution is -0.912. The van der Waals surface area contributed by atoms with E-state index in [1.807, 2.05) is 0 Å². The lowest BCUT2D eigenvalue weighted by atomic mass is 10.2. The molecule has 0 saturated heterocycles. The first-order valence-electron chi connectivity index (χ1n) is 5.70. The Hall–Kier alpha value is -1.17. The van der Waals surface area contributed by atoms with Gasteiger partial charge in [-0.05, 0) is 0 Å². The smallest absolute Gasteiger partial charge is 0.267 e. The number of isocyanates is 2. The van der Waals surface area contributed by atoms with Gasteiger partial charge in [0.2, 0.25) is 12.2 Å². The van der Waals surface area contributed by atoms with Crippen molar-refractivity contribution in [3.8, 4) is 0 Å². The molecule has 0 aliphatic carbocycles. The van der Waals surface area contributed by atoms with Crippen LogP contribution in [0.15, 0.2) is 9.98 Å². The summed E-state index contributed by atoms with van der Waals surface area (Å²) in [6.07, 6.45) is 2.83. The summed E-state index contributed by atoms with van der Waals surface area (Å²) in [7, 11) is 0.295. The third-order valence-electron chi connectivity index (χ3n) is 2.86. The molecule has 0 radical (unpaired) electrons. The average molecular weight is 307 g/mol. The summed E-state index contributed by atoms with van der Waals surface area (Å²) in [6.45, 7) is 0.415. The van der Waals surface area contributed by atoms with E-state index in [1.165, 1.54) is 12.2 Å². The number of likely N-dealkylation sites (N-methyl/N-ethyl adjacent to an activating group) is 1. The zero-order chi connectivity index (χ0) is 15.6. The molecule has 0 heterocycles. The first kappa shape index (κ1) is 18.8. The predicted octanol–water partition coefficient (Wildman–Crippen LogP) is -0.766. The van der Waals surface area contributed by atoms with Gasteiger partial charge < -0.3 is 18.4 Å². The molecule has 1 unspecified atom stereocenters. The Bertz CT molecular complexity index is 422. The molecule has 0 aromatic carbocycles. The Kier molecular flexibility index (Phi) is 8.37. The molecule has 0 spiro atoms. The van der Waals surface area contributed by atoms with Gasteiger partial charge in [-0.2, -0.15) is 9.98 Å². The van der Waals surface area contributed by atoms with E-state index in [1.54, 1.807) is 14.1 Å². The Labute approximate surface area is 117 Å². The van der Waals surface area contributed by atoms with Gasteiger partial charge in [-0.25, -0.2) is 9.59 Å². The van der Waals surface area contributed by atoms with E-state index in [9.17, 15) is 19.0 Å². The first-order chi connectivity index (χ1) is 9.29. The van der Waals surface area contributed by atoms with Crippen LogP contribution >= 0.6 is 7.82 Å². The number of nitrogens with zero attached hydrogens (tertiary/aromatic N) is 3. The topological polar surface area (TPSA) is 117 Å². The summed E-state index contributed by atoms with van der Waals surface area (Å²) in [5, 5.41) is 0. The lowest BCUT2D eigenvalue weighted by Gasteiger charge is -2.36. The molecule has 0 rings (SSSR count). The molecular weight excluding hydrogens is 289 g/mol. The quantitative estimate of drug-likeness (QED) is 0.226. The van der Waals surface area contributed by atoms with Crippen molar-refractivity contribution < 1.29 is 32.6 Å². The molecule has 0 aromatic heterocycles. The minimum Gasteiger partial charge on any atom is -0.756 e. The normalized spacial score (nSPS) is 15.6.